The lowest BCUT2D eigenvalue weighted by Crippen LogP contribution is -2.47. The predicted molar refractivity (Wildman–Crippen MR) is 114 cm³/mol. The molecule has 0 fully saturated rings. The molecule has 0 aromatic heterocycles. The molecular weight excluding hydrogens is 493 g/mol. The van der Waals surface area contributed by atoms with E-state index in [1.807, 2.05) is 6.07 Å². The van der Waals surface area contributed by atoms with Crippen molar-refractivity contribution in [1.29, 1.82) is 5.26 Å². The summed E-state index contributed by atoms with van der Waals surface area (Å²) in [4.78, 5) is 13.1. The number of aryl methyl sites for hydroxylation is 1. The molecule has 0 spiro atoms. The Bertz CT molecular complexity index is 1310. The van der Waals surface area contributed by atoms with E-state index in [0.29, 0.717) is 17.7 Å². The summed E-state index contributed by atoms with van der Waals surface area (Å²) in [7, 11) is 0. The highest BCUT2D eigenvalue weighted by atomic mass is 19.4. The van der Waals surface area contributed by atoms with E-state index in [-0.39, 0.29) is 11.1 Å². The fourth-order valence-corrected chi connectivity index (χ4v) is 3.70. The van der Waals surface area contributed by atoms with Gasteiger partial charge in [0.2, 0.25) is 0 Å². The van der Waals surface area contributed by atoms with Gasteiger partial charge in [0, 0.05) is 5.56 Å². The van der Waals surface area contributed by atoms with Gasteiger partial charge in [-0.2, -0.15) is 18.4 Å². The summed E-state index contributed by atoms with van der Waals surface area (Å²) in [5, 5.41) is 12.1. The van der Waals surface area contributed by atoms with Crippen molar-refractivity contribution in [3.63, 3.8) is 0 Å². The van der Waals surface area contributed by atoms with Crippen molar-refractivity contribution >= 4 is 5.91 Å². The van der Waals surface area contributed by atoms with Crippen LogP contribution in [0.3, 0.4) is 0 Å². The first-order valence-corrected chi connectivity index (χ1v) is 10.2. The molecule has 0 bridgehead atoms. The normalized spacial score (nSPS) is 13.4. The topological polar surface area (TPSA) is 62.1 Å². The van der Waals surface area contributed by atoms with Gasteiger partial charge < -0.3 is 10.1 Å². The summed E-state index contributed by atoms with van der Waals surface area (Å²) in [6.45, 7) is 1.70. The van der Waals surface area contributed by atoms with E-state index in [4.69, 9.17) is 0 Å². The van der Waals surface area contributed by atoms with Gasteiger partial charge >= 0.3 is 12.5 Å². The van der Waals surface area contributed by atoms with Crippen LogP contribution in [0.25, 0.3) is 0 Å². The molecule has 0 radical (unpaired) electrons. The number of benzene rings is 3. The second-order valence-electron chi connectivity index (χ2n) is 7.83. The van der Waals surface area contributed by atoms with E-state index in [9.17, 15) is 40.8 Å². The number of rotatable bonds is 6. The zero-order valence-electron chi connectivity index (χ0n) is 18.5. The Morgan fingerprint density at radius 1 is 0.944 bits per heavy atom. The molecule has 36 heavy (non-hydrogen) atoms. The first-order valence-electron chi connectivity index (χ1n) is 10.2. The van der Waals surface area contributed by atoms with Crippen LogP contribution < -0.4 is 10.1 Å². The number of alkyl halides is 6. The number of nitriles is 1. The summed E-state index contributed by atoms with van der Waals surface area (Å²) in [6.07, 6.45) is -10.6. The Labute approximate surface area is 200 Å². The molecule has 0 aliphatic rings. The zero-order valence-corrected chi connectivity index (χ0v) is 18.5. The third-order valence-corrected chi connectivity index (χ3v) is 5.28. The zero-order chi connectivity index (χ0) is 26.7. The van der Waals surface area contributed by atoms with Crippen molar-refractivity contribution in [2.24, 2.45) is 0 Å². The lowest BCUT2D eigenvalue weighted by molar-refractivity contribution is -0.274. The molecule has 1 atom stereocenters. The number of hydrogen-bond donors (Lipinski definition) is 1. The Kier molecular flexibility index (Phi) is 7.29. The van der Waals surface area contributed by atoms with Crippen LogP contribution in [0.4, 0.5) is 30.7 Å². The molecule has 1 unspecified atom stereocenters. The third-order valence-electron chi connectivity index (χ3n) is 5.28. The maximum atomic E-state index is 13.7. The maximum absolute atomic E-state index is 13.7. The van der Waals surface area contributed by atoms with Gasteiger partial charge in [-0.1, -0.05) is 42.0 Å². The lowest BCUT2D eigenvalue weighted by Gasteiger charge is -2.34. The number of nitrogens with one attached hydrogen (secondary N) is 1. The van der Waals surface area contributed by atoms with Crippen LogP contribution in [0.2, 0.25) is 0 Å². The highest BCUT2D eigenvalue weighted by Crippen LogP contribution is 2.37. The Morgan fingerprint density at radius 2 is 1.58 bits per heavy atom. The summed E-state index contributed by atoms with van der Waals surface area (Å²) >= 11 is 0. The fourth-order valence-electron chi connectivity index (χ4n) is 3.70. The summed E-state index contributed by atoms with van der Waals surface area (Å²) in [5.74, 6) is -3.33. The number of carbonyl (C=O) groups excluding carboxylic acids is 1. The van der Waals surface area contributed by atoms with Crippen LogP contribution in [0.15, 0.2) is 66.7 Å². The van der Waals surface area contributed by atoms with E-state index in [1.165, 1.54) is 18.2 Å². The monoisotopic (exact) mass is 510 g/mol. The molecule has 1 N–H and O–H groups in total. The molecule has 11 heteroatoms. The smallest absolute Gasteiger partial charge is 0.406 e. The van der Waals surface area contributed by atoms with Gasteiger partial charge in [-0.3, -0.25) is 4.79 Å². The van der Waals surface area contributed by atoms with E-state index >= 15 is 0 Å². The molecule has 3 aromatic rings. The molecule has 3 aromatic carbocycles. The van der Waals surface area contributed by atoms with Gasteiger partial charge in [0.25, 0.3) is 5.91 Å². The lowest BCUT2D eigenvalue weighted by atomic mass is 9.79. The average molecular weight is 510 g/mol. The first-order chi connectivity index (χ1) is 16.7. The Balaban J connectivity index is 2.18. The summed E-state index contributed by atoms with van der Waals surface area (Å²) in [5.41, 5.74) is -3.08. The summed E-state index contributed by atoms with van der Waals surface area (Å²) < 4.78 is 95.7. The molecule has 0 saturated carbocycles. The molecule has 0 saturated heterocycles. The largest absolute Gasteiger partial charge is 0.573 e. The van der Waals surface area contributed by atoms with E-state index in [1.54, 1.807) is 25.1 Å². The molecule has 0 aliphatic carbocycles. The third kappa shape index (κ3) is 5.94. The minimum atomic E-state index is -5.08. The van der Waals surface area contributed by atoms with Crippen molar-refractivity contribution in [2.45, 2.75) is 31.4 Å². The second kappa shape index (κ2) is 9.89. The highest BCUT2D eigenvalue weighted by Gasteiger charge is 2.39. The van der Waals surface area contributed by atoms with Gasteiger partial charge in [0.1, 0.15) is 17.1 Å². The van der Waals surface area contributed by atoms with Crippen LogP contribution >= 0.6 is 0 Å². The van der Waals surface area contributed by atoms with Crippen molar-refractivity contribution < 1.29 is 40.3 Å². The van der Waals surface area contributed by atoms with Crippen molar-refractivity contribution in [3.8, 4) is 11.8 Å². The first kappa shape index (κ1) is 26.5. The number of hydrogen-bond acceptors (Lipinski definition) is 3. The van der Waals surface area contributed by atoms with Crippen LogP contribution in [0.5, 0.6) is 5.75 Å². The predicted octanol–water partition coefficient (Wildman–Crippen LogP) is 6.64. The Morgan fingerprint density at radius 3 is 2.17 bits per heavy atom. The number of carbonyl (C=O) groups is 1. The molecule has 0 heterocycles. The van der Waals surface area contributed by atoms with Crippen molar-refractivity contribution in [1.82, 2.24) is 5.32 Å². The second-order valence-corrected chi connectivity index (χ2v) is 7.83. The van der Waals surface area contributed by atoms with Gasteiger partial charge in [0.05, 0.1) is 18.1 Å². The quantitative estimate of drug-likeness (QED) is 0.379. The molecule has 0 aliphatic heterocycles. The Hall–Kier alpha value is -4.07. The number of amides is 1. The van der Waals surface area contributed by atoms with Gasteiger partial charge in [-0.25, -0.2) is 4.39 Å². The van der Waals surface area contributed by atoms with Gasteiger partial charge in [0.15, 0.2) is 0 Å². The van der Waals surface area contributed by atoms with E-state index in [2.05, 4.69) is 10.1 Å². The van der Waals surface area contributed by atoms with Crippen LogP contribution in [0.1, 0.15) is 39.0 Å². The number of ether oxygens (including phenoxy) is 1. The molecule has 3 rings (SSSR count). The molecule has 188 valence electrons. The van der Waals surface area contributed by atoms with E-state index in [0.717, 1.165) is 18.2 Å². The summed E-state index contributed by atoms with van der Waals surface area (Å²) in [6, 6.07) is 14.4. The molecule has 4 nitrogen and oxygen atoms in total. The van der Waals surface area contributed by atoms with Crippen molar-refractivity contribution in [3.05, 3.63) is 100 Å². The average Bonchev–Trinajstić information content (AvgIpc) is 2.77. The van der Waals surface area contributed by atoms with Crippen molar-refractivity contribution in [2.75, 3.05) is 0 Å². The minimum absolute atomic E-state index is 0.00269. The van der Waals surface area contributed by atoms with Gasteiger partial charge in [-0.05, 0) is 48.4 Å². The minimum Gasteiger partial charge on any atom is -0.406 e. The highest BCUT2D eigenvalue weighted by molar-refractivity contribution is 5.95. The van der Waals surface area contributed by atoms with Gasteiger partial charge in [-0.15, -0.1) is 13.2 Å². The number of halogens is 7. The standard InChI is InChI=1S/C25H17F7N2O2/c1-15-4-2-5-17(12-15)23(10-11-33,18-6-3-7-19(14-18)36-25(30,31)32)34-22(35)16-8-9-21(26)20(13-16)24(27,28)29/h2-9,12-14H,10H2,1H3,(H,34,35). The molecule has 1 amide bonds. The molecular formula is C25H17F7N2O2. The maximum Gasteiger partial charge on any atom is 0.573 e. The SMILES string of the molecule is Cc1cccc(C(CC#N)(NC(=O)c2ccc(F)c(C(F)(F)F)c2)c2cccc(OC(F)(F)F)c2)c1. The van der Waals surface area contributed by atoms with Crippen LogP contribution in [0, 0.1) is 24.1 Å². The van der Waals surface area contributed by atoms with Crippen LogP contribution in [-0.2, 0) is 11.7 Å². The van der Waals surface area contributed by atoms with Crippen LogP contribution in [-0.4, -0.2) is 12.3 Å². The number of nitrogens with zero attached hydrogens (tertiary/aromatic N) is 1. The van der Waals surface area contributed by atoms with E-state index < -0.39 is 53.1 Å². The fraction of sp³-hybridized carbons (Fsp3) is 0.200.